The summed E-state index contributed by atoms with van der Waals surface area (Å²) in [6.07, 6.45) is 5.93. The highest BCUT2D eigenvalue weighted by Crippen LogP contribution is 2.24. The van der Waals surface area contributed by atoms with Crippen LogP contribution in [0.4, 0.5) is 0 Å². The predicted molar refractivity (Wildman–Crippen MR) is 68.5 cm³/mol. The molecule has 106 valence electrons. The van der Waals surface area contributed by atoms with E-state index in [-0.39, 0.29) is 31.6 Å². The summed E-state index contributed by atoms with van der Waals surface area (Å²) in [5, 5.41) is 11.1. The van der Waals surface area contributed by atoms with Gasteiger partial charge < -0.3 is 10.4 Å². The second kappa shape index (κ2) is 7.06. The lowest BCUT2D eigenvalue weighted by atomic mass is 9.95. The Hall–Kier alpha value is -0.660. The predicted octanol–water partition coefficient (Wildman–Crippen LogP) is -0.311. The number of rotatable bonds is 6. The fourth-order valence-corrected chi connectivity index (χ4v) is 3.38. The summed E-state index contributed by atoms with van der Waals surface area (Å²) >= 11 is 0. The highest BCUT2D eigenvalue weighted by atomic mass is 32.2. The molecule has 0 unspecified atom stereocenters. The minimum Gasteiger partial charge on any atom is -0.395 e. The molecule has 1 amide bonds. The van der Waals surface area contributed by atoms with Gasteiger partial charge in [0.05, 0.1) is 19.4 Å². The van der Waals surface area contributed by atoms with Crippen LogP contribution in [0.2, 0.25) is 0 Å². The van der Waals surface area contributed by atoms with Gasteiger partial charge in [0.25, 0.3) is 0 Å². The monoisotopic (exact) mass is 278 g/mol. The minimum atomic E-state index is -3.37. The van der Waals surface area contributed by atoms with E-state index in [0.29, 0.717) is 0 Å². The number of aliphatic hydroxyl groups excluding tert-OH is 1. The van der Waals surface area contributed by atoms with Crippen molar-refractivity contribution < 1.29 is 18.3 Å². The number of amides is 1. The van der Waals surface area contributed by atoms with Crippen molar-refractivity contribution in [1.82, 2.24) is 9.62 Å². The van der Waals surface area contributed by atoms with Crippen LogP contribution in [0.3, 0.4) is 0 Å². The number of nitrogens with zero attached hydrogens (tertiary/aromatic N) is 1. The first-order valence-electron chi connectivity index (χ1n) is 6.29. The van der Waals surface area contributed by atoms with Gasteiger partial charge in [-0.1, -0.05) is 19.3 Å². The van der Waals surface area contributed by atoms with Crippen LogP contribution in [0.15, 0.2) is 0 Å². The molecule has 0 radical (unpaired) electrons. The molecule has 6 nitrogen and oxygen atoms in total. The van der Waals surface area contributed by atoms with Crippen molar-refractivity contribution in [3.05, 3.63) is 0 Å². The third-order valence-corrected chi connectivity index (χ3v) is 4.42. The maximum atomic E-state index is 11.7. The largest absolute Gasteiger partial charge is 0.395 e. The molecular weight excluding hydrogens is 256 g/mol. The van der Waals surface area contributed by atoms with Crippen molar-refractivity contribution in [3.8, 4) is 0 Å². The molecule has 1 aliphatic rings. The van der Waals surface area contributed by atoms with Gasteiger partial charge in [-0.15, -0.1) is 0 Å². The van der Waals surface area contributed by atoms with E-state index >= 15 is 0 Å². The van der Waals surface area contributed by atoms with Gasteiger partial charge in [-0.25, -0.2) is 8.42 Å². The average Bonchev–Trinajstić information content (AvgIpc) is 2.33. The van der Waals surface area contributed by atoms with Gasteiger partial charge in [0.1, 0.15) is 0 Å². The molecule has 1 aliphatic carbocycles. The van der Waals surface area contributed by atoms with Crippen LogP contribution in [-0.2, 0) is 14.8 Å². The summed E-state index contributed by atoms with van der Waals surface area (Å²) in [4.78, 5) is 11.6. The molecule has 0 spiro atoms. The molecule has 0 aromatic rings. The van der Waals surface area contributed by atoms with E-state index in [1.54, 1.807) is 0 Å². The number of nitrogens with one attached hydrogen (secondary N) is 1. The summed E-state index contributed by atoms with van der Waals surface area (Å²) in [6, 6.07) is -0.0615. The Morgan fingerprint density at radius 1 is 1.33 bits per heavy atom. The Morgan fingerprint density at radius 2 is 1.94 bits per heavy atom. The molecule has 1 rings (SSSR count). The highest BCUT2D eigenvalue weighted by molar-refractivity contribution is 7.88. The molecule has 0 aliphatic heterocycles. The molecule has 0 bridgehead atoms. The molecule has 1 fully saturated rings. The number of hydrogen-bond acceptors (Lipinski definition) is 4. The maximum absolute atomic E-state index is 11.7. The van der Waals surface area contributed by atoms with Crippen LogP contribution in [0, 0.1) is 0 Å². The molecule has 2 N–H and O–H groups in total. The summed E-state index contributed by atoms with van der Waals surface area (Å²) in [6.45, 7) is -0.140. The van der Waals surface area contributed by atoms with Gasteiger partial charge in [0, 0.05) is 12.6 Å². The zero-order valence-electron chi connectivity index (χ0n) is 10.8. The summed E-state index contributed by atoms with van der Waals surface area (Å²) < 4.78 is 24.8. The molecule has 7 heteroatoms. The number of hydrogen-bond donors (Lipinski definition) is 2. The number of carbonyl (C=O) groups is 1. The van der Waals surface area contributed by atoms with Gasteiger partial charge >= 0.3 is 0 Å². The van der Waals surface area contributed by atoms with Gasteiger partial charge in [-0.2, -0.15) is 4.31 Å². The van der Waals surface area contributed by atoms with Crippen molar-refractivity contribution in [2.75, 3.05) is 26.0 Å². The quantitative estimate of drug-likeness (QED) is 0.698. The first-order chi connectivity index (χ1) is 8.45. The standard InChI is InChI=1S/C11H22N2O4S/c1-18(16,17)13(9-11(15)12-7-8-14)10-5-3-2-4-6-10/h10,14H,2-9H2,1H3,(H,12,15). The molecule has 0 aromatic carbocycles. The average molecular weight is 278 g/mol. The zero-order valence-corrected chi connectivity index (χ0v) is 11.6. The fraction of sp³-hybridized carbons (Fsp3) is 0.909. The normalized spacial score (nSPS) is 17.9. The Morgan fingerprint density at radius 3 is 2.44 bits per heavy atom. The fourth-order valence-electron chi connectivity index (χ4n) is 2.28. The zero-order chi connectivity index (χ0) is 13.6. The molecule has 0 atom stereocenters. The maximum Gasteiger partial charge on any atom is 0.235 e. The Bertz CT molecular complexity index is 363. The van der Waals surface area contributed by atoms with E-state index in [1.165, 1.54) is 4.31 Å². The highest BCUT2D eigenvalue weighted by Gasteiger charge is 2.29. The lowest BCUT2D eigenvalue weighted by Gasteiger charge is -2.31. The van der Waals surface area contributed by atoms with Crippen molar-refractivity contribution >= 4 is 15.9 Å². The van der Waals surface area contributed by atoms with Gasteiger partial charge in [0.2, 0.25) is 15.9 Å². The summed E-state index contributed by atoms with van der Waals surface area (Å²) in [5.74, 6) is -0.361. The molecule has 18 heavy (non-hydrogen) atoms. The van der Waals surface area contributed by atoms with Crippen molar-refractivity contribution in [3.63, 3.8) is 0 Å². The second-order valence-electron chi connectivity index (χ2n) is 4.67. The lowest BCUT2D eigenvalue weighted by Crippen LogP contribution is -2.46. The first-order valence-corrected chi connectivity index (χ1v) is 8.14. The van der Waals surface area contributed by atoms with Gasteiger partial charge in [-0.05, 0) is 12.8 Å². The van der Waals surface area contributed by atoms with Crippen molar-refractivity contribution in [2.24, 2.45) is 0 Å². The smallest absolute Gasteiger partial charge is 0.235 e. The first kappa shape index (κ1) is 15.4. The van der Waals surface area contributed by atoms with Crippen LogP contribution in [0.1, 0.15) is 32.1 Å². The second-order valence-corrected chi connectivity index (χ2v) is 6.61. The molecule has 1 saturated carbocycles. The minimum absolute atomic E-state index is 0.0615. The van der Waals surface area contributed by atoms with Crippen LogP contribution in [-0.4, -0.2) is 55.7 Å². The summed E-state index contributed by atoms with van der Waals surface area (Å²) in [7, 11) is -3.37. The topological polar surface area (TPSA) is 86.7 Å². The van der Waals surface area contributed by atoms with Gasteiger partial charge in [-0.3, -0.25) is 4.79 Å². The van der Waals surface area contributed by atoms with E-state index < -0.39 is 10.0 Å². The molecule has 0 saturated heterocycles. The summed E-state index contributed by atoms with van der Waals surface area (Å²) in [5.41, 5.74) is 0. The van der Waals surface area contributed by atoms with E-state index in [4.69, 9.17) is 5.11 Å². The lowest BCUT2D eigenvalue weighted by molar-refractivity contribution is -0.121. The van der Waals surface area contributed by atoms with Crippen molar-refractivity contribution in [2.45, 2.75) is 38.1 Å². The Labute approximate surface area is 108 Å². The molecule has 0 aromatic heterocycles. The number of sulfonamides is 1. The van der Waals surface area contributed by atoms with Crippen LogP contribution in [0.5, 0.6) is 0 Å². The Balaban J connectivity index is 2.64. The van der Waals surface area contributed by atoms with Crippen LogP contribution in [0.25, 0.3) is 0 Å². The van der Waals surface area contributed by atoms with E-state index in [9.17, 15) is 13.2 Å². The number of aliphatic hydroxyl groups is 1. The molecule has 0 heterocycles. The van der Waals surface area contributed by atoms with Crippen LogP contribution < -0.4 is 5.32 Å². The SMILES string of the molecule is CS(=O)(=O)N(CC(=O)NCCO)C1CCCCC1. The number of carbonyl (C=O) groups excluding carboxylic acids is 1. The van der Waals surface area contributed by atoms with E-state index in [1.807, 2.05) is 0 Å². The Kier molecular flexibility index (Phi) is 6.04. The van der Waals surface area contributed by atoms with Crippen LogP contribution >= 0.6 is 0 Å². The van der Waals surface area contributed by atoms with Crippen molar-refractivity contribution in [1.29, 1.82) is 0 Å². The van der Waals surface area contributed by atoms with E-state index in [2.05, 4.69) is 5.32 Å². The molecular formula is C11H22N2O4S. The third kappa shape index (κ3) is 4.91. The van der Waals surface area contributed by atoms with Gasteiger partial charge in [0.15, 0.2) is 0 Å². The third-order valence-electron chi connectivity index (χ3n) is 3.14. The van der Waals surface area contributed by atoms with E-state index in [0.717, 1.165) is 38.4 Å².